The first-order valence-corrected chi connectivity index (χ1v) is 43.5. The van der Waals surface area contributed by atoms with E-state index in [0.717, 1.165) is 144 Å². The summed E-state index contributed by atoms with van der Waals surface area (Å²) in [6.45, 7) is 52.2. The van der Waals surface area contributed by atoms with Crippen LogP contribution in [0.15, 0.2) is 0 Å². The van der Waals surface area contributed by atoms with Gasteiger partial charge in [-0.3, -0.25) is 29.0 Å². The maximum Gasteiger partial charge on any atom is 0.317 e. The molecule has 42 heteroatoms. The average Bonchev–Trinajstić information content (AvgIpc) is 0.963. The summed E-state index contributed by atoms with van der Waals surface area (Å²) >= 11 is 0. The van der Waals surface area contributed by atoms with Gasteiger partial charge in [-0.15, -0.1) is 0 Å². The van der Waals surface area contributed by atoms with E-state index in [1.165, 1.54) is 12.8 Å². The van der Waals surface area contributed by atoms with E-state index in [4.69, 9.17) is 94.4 Å². The number of hydrogen-bond acceptors (Lipinski definition) is 38. The van der Waals surface area contributed by atoms with Crippen LogP contribution in [-0.4, -0.2) is 495 Å². The highest BCUT2D eigenvalue weighted by atomic mass is 16.4. The molecule has 42 nitrogen and oxygen atoms in total. The summed E-state index contributed by atoms with van der Waals surface area (Å²) in [5, 5.41) is 168. The zero-order valence-electron chi connectivity index (χ0n) is 77.9. The number of aliphatic hydroxyl groups is 10. The van der Waals surface area contributed by atoms with Crippen molar-refractivity contribution in [2.24, 2.45) is 22.9 Å². The average molecular weight is 1760 g/mol. The van der Waals surface area contributed by atoms with Crippen molar-refractivity contribution in [3.63, 3.8) is 0 Å². The number of nitrogens with one attached hydrogen (secondary N) is 16. The van der Waals surface area contributed by atoms with Gasteiger partial charge >= 0.3 is 23.9 Å². The first-order chi connectivity index (χ1) is 57.5. The molecule has 0 aliphatic rings. The van der Waals surface area contributed by atoms with Crippen molar-refractivity contribution in [2.75, 3.05) is 356 Å². The molecule has 0 fully saturated rings. The van der Waals surface area contributed by atoms with Crippen LogP contribution in [0.25, 0.3) is 0 Å². The van der Waals surface area contributed by atoms with Crippen LogP contribution in [0.5, 0.6) is 0 Å². The molecule has 38 N–H and O–H groups in total. The Morgan fingerprint density at radius 2 is 0.550 bits per heavy atom. The van der Waals surface area contributed by atoms with E-state index in [2.05, 4.69) is 178 Å². The Morgan fingerprint density at radius 3 is 0.792 bits per heavy atom. The maximum atomic E-state index is 9.96. The Bertz CT molecular complexity index is 1640. The molecular formula is C78H196N24O18. The van der Waals surface area contributed by atoms with Crippen LogP contribution in [0.2, 0.25) is 0 Å². The quantitative estimate of drug-likeness (QED) is 0.0252. The van der Waals surface area contributed by atoms with Crippen LogP contribution >= 0.6 is 0 Å². The Morgan fingerprint density at radius 1 is 0.283 bits per heavy atom. The van der Waals surface area contributed by atoms with Gasteiger partial charge in [-0.2, -0.15) is 0 Å². The van der Waals surface area contributed by atoms with Gasteiger partial charge in [0.1, 0.15) is 0 Å². The largest absolute Gasteiger partial charge is 0.481 e. The third-order valence-electron chi connectivity index (χ3n) is 14.3. The van der Waals surface area contributed by atoms with Crippen LogP contribution in [0.3, 0.4) is 0 Å². The third-order valence-corrected chi connectivity index (χ3v) is 14.3. The lowest BCUT2D eigenvalue weighted by Crippen LogP contribution is -2.40. The van der Waals surface area contributed by atoms with Crippen molar-refractivity contribution < 1.29 is 90.7 Å². The smallest absolute Gasteiger partial charge is 0.317 e. The molecule has 0 amide bonds. The molecule has 0 aliphatic heterocycles. The molecule has 0 spiro atoms. The second-order valence-corrected chi connectivity index (χ2v) is 27.1. The van der Waals surface area contributed by atoms with Gasteiger partial charge in [0.05, 0.1) is 85.5 Å². The number of aliphatic carboxylic acids is 4. The zero-order valence-corrected chi connectivity index (χ0v) is 77.9. The Hall–Kier alpha value is -3.48. The number of rotatable bonds is 72. The van der Waals surface area contributed by atoms with Crippen molar-refractivity contribution in [3.05, 3.63) is 0 Å². The molecule has 0 radical (unpaired) electrons. The van der Waals surface area contributed by atoms with Gasteiger partial charge in [-0.05, 0) is 93.0 Å². The molecule has 736 valence electrons. The minimum atomic E-state index is -0.923. The van der Waals surface area contributed by atoms with Crippen LogP contribution in [0.4, 0.5) is 0 Å². The SMILES string of the molecule is CC(C)NCCNC(C)C.CCC(CO)NCCNC(CC)CO.CCCNCCNCCC.CCNCCNCC.CN(C)CCN(C)C.NCCNCC(=O)O.NCCNCCC(=O)O.NCCNCCCO.NCCNCCO.O=C(O)CNCCNCC(=O)O.OCCN(CCO)CCN(CCO)CCO.OCCNCCNCCO. The standard InChI is InChI=1S/C10H24N2O4.C10H24N2O2.2C8H20N2.C6H12N2O4.C6H16N2O2.2C6H16N2.C5H12N2O2.C5H14N2O.C4H10N2O2.C4H12N2O/c13-7-3-11(4-8-14)1-2-12(5-9-15)6-10-16;1-3-9(7-13)11-5-6-12-10(4-2)8-14;1-7(2)9-5-6-10-8(3)4;1-3-5-9-7-8-10-6-4-2;9-5(10)3-7-1-2-8-4-6(11)12;9-5-3-7-1-2-8-4-6-10;1-7(2)5-6-8(3)4;1-3-7-5-6-8-4-2;6-2-4-7-3-1-5(8)9;6-2-4-7-3-1-5-8;5-1-2-6-3-4(7)8;5-1-2-6-3-4-7/h13-16H,1-10H2;9-14H,3-8H2,1-2H3;7-10H,5-6H2,1-4H3;9-10H,3-8H2,1-2H3;7-8H,1-4H2,(H,9,10)(H,11,12);7-10H,1-6H2;5-6H2,1-4H3;7-8H,3-6H2,1-2H3;7H,1-4,6H2,(H,8,9);7-8H,1-6H2;6H,1-3,5H2,(H,7,8);6-7H,1-5H2. The van der Waals surface area contributed by atoms with Crippen LogP contribution in [0.1, 0.15) is 108 Å². The number of likely N-dealkylation sites (N-methyl/N-ethyl adjacent to an activating group) is 4. The van der Waals surface area contributed by atoms with Gasteiger partial charge < -0.3 is 189 Å². The lowest BCUT2D eigenvalue weighted by Gasteiger charge is -2.25. The fourth-order valence-electron chi connectivity index (χ4n) is 7.79. The molecular weight excluding hydrogens is 1560 g/mol. The minimum Gasteiger partial charge on any atom is -0.481 e. The molecule has 120 heavy (non-hydrogen) atoms. The molecule has 0 aliphatic carbocycles. The van der Waals surface area contributed by atoms with Gasteiger partial charge in [0.25, 0.3) is 0 Å². The van der Waals surface area contributed by atoms with Gasteiger partial charge in [-0.25, -0.2) is 0 Å². The predicted octanol–water partition coefficient (Wildman–Crippen LogP) is -8.89. The van der Waals surface area contributed by atoms with Gasteiger partial charge in [0.2, 0.25) is 0 Å². The lowest BCUT2D eigenvalue weighted by molar-refractivity contribution is -0.137. The number of aliphatic hydroxyl groups excluding tert-OH is 10. The van der Waals surface area contributed by atoms with Gasteiger partial charge in [0, 0.05) is 240 Å². The highest BCUT2D eigenvalue weighted by Gasteiger charge is 2.09. The molecule has 2 atom stereocenters. The monoisotopic (exact) mass is 1760 g/mol. The number of hydrogen-bond donors (Lipinski definition) is 34. The summed E-state index contributed by atoms with van der Waals surface area (Å²) in [5.41, 5.74) is 20.5. The molecule has 0 aromatic rings. The van der Waals surface area contributed by atoms with Crippen molar-refractivity contribution in [2.45, 2.75) is 132 Å². The molecule has 2 unspecified atom stereocenters. The predicted molar refractivity (Wildman–Crippen MR) is 494 cm³/mol. The number of carboxylic acid groups (broad SMARTS) is 4. The molecule has 0 bridgehead atoms. The molecule has 0 saturated carbocycles. The topological polar surface area (TPSA) is 661 Å². The first-order valence-electron chi connectivity index (χ1n) is 43.5. The van der Waals surface area contributed by atoms with Crippen LogP contribution in [0, 0.1) is 0 Å². The Labute approximate surface area is 727 Å². The highest BCUT2D eigenvalue weighted by Crippen LogP contribution is 1.93. The summed E-state index contributed by atoms with van der Waals surface area (Å²) in [7, 11) is 8.35. The molecule has 0 saturated heterocycles. The lowest BCUT2D eigenvalue weighted by atomic mass is 10.2. The number of nitrogens with zero attached hydrogens (tertiary/aromatic N) is 4. The number of nitrogens with two attached hydrogens (primary N) is 4. The van der Waals surface area contributed by atoms with Crippen molar-refractivity contribution in [3.8, 4) is 0 Å². The third kappa shape index (κ3) is 188. The summed E-state index contributed by atoms with van der Waals surface area (Å²) in [6, 6.07) is 1.61. The van der Waals surface area contributed by atoms with Crippen molar-refractivity contribution in [1.29, 1.82) is 0 Å². The van der Waals surface area contributed by atoms with E-state index in [1.807, 2.05) is 23.6 Å². The molecule has 0 aromatic carbocycles. The number of carbonyl (C=O) groups is 4. The molecule has 0 aromatic heterocycles. The normalized spacial score (nSPS) is 10.9. The highest BCUT2D eigenvalue weighted by molar-refractivity contribution is 5.69. The molecule has 0 heterocycles. The second-order valence-electron chi connectivity index (χ2n) is 27.1. The van der Waals surface area contributed by atoms with E-state index in [9.17, 15) is 19.2 Å². The second kappa shape index (κ2) is 139. The van der Waals surface area contributed by atoms with E-state index >= 15 is 0 Å². The van der Waals surface area contributed by atoms with E-state index in [-0.39, 0.29) is 104 Å². The maximum absolute atomic E-state index is 9.96. The summed E-state index contributed by atoms with van der Waals surface area (Å²) in [6.07, 6.45) is 5.32. The Balaban J connectivity index is -0.000000107. The first kappa shape index (κ1) is 142. The summed E-state index contributed by atoms with van der Waals surface area (Å²) < 4.78 is 0. The summed E-state index contributed by atoms with van der Waals surface area (Å²) in [4.78, 5) is 47.8. The minimum absolute atomic E-state index is 0.00278. The summed E-state index contributed by atoms with van der Waals surface area (Å²) in [5.74, 6) is -3.47. The molecule has 0 rings (SSSR count). The van der Waals surface area contributed by atoms with Gasteiger partial charge in [-0.1, -0.05) is 69.2 Å². The number of carboxylic acids is 4. The zero-order chi connectivity index (χ0) is 93.8. The van der Waals surface area contributed by atoms with Gasteiger partial charge in [0.15, 0.2) is 0 Å². The Kier molecular flexibility index (Phi) is 164. The van der Waals surface area contributed by atoms with E-state index < -0.39 is 23.9 Å². The van der Waals surface area contributed by atoms with Crippen LogP contribution in [-0.2, 0) is 19.2 Å². The van der Waals surface area contributed by atoms with Crippen molar-refractivity contribution in [1.82, 2.24) is 105 Å². The fourth-order valence-corrected chi connectivity index (χ4v) is 7.79. The van der Waals surface area contributed by atoms with Crippen molar-refractivity contribution >= 4 is 23.9 Å². The van der Waals surface area contributed by atoms with Crippen LogP contribution < -0.4 is 108 Å². The van der Waals surface area contributed by atoms with E-state index in [0.29, 0.717) is 130 Å². The van der Waals surface area contributed by atoms with E-state index in [1.54, 1.807) is 0 Å². The fraction of sp³-hybridized carbons (Fsp3) is 0.949.